The summed E-state index contributed by atoms with van der Waals surface area (Å²) >= 11 is 0. The molecule has 58 valence electrons. The van der Waals surface area contributed by atoms with Crippen LogP contribution in [0.1, 0.15) is 26.7 Å². The van der Waals surface area contributed by atoms with Crippen LogP contribution in [0.15, 0.2) is 12.7 Å². The molecule has 0 radical (unpaired) electrons. The summed E-state index contributed by atoms with van der Waals surface area (Å²) in [5, 5.41) is 0. The molecule has 0 aromatic rings. The number of rotatable bonds is 1. The Bertz CT molecular complexity index is 138. The third-order valence-corrected chi connectivity index (χ3v) is 2.58. The predicted octanol–water partition coefficient (Wildman–Crippen LogP) is 1.94. The molecule has 10 heavy (non-hydrogen) atoms. The average molecular weight is 139 g/mol. The van der Waals surface area contributed by atoms with E-state index in [2.05, 4.69) is 20.4 Å². The van der Waals surface area contributed by atoms with Crippen LogP contribution in [0.5, 0.6) is 0 Å². The Morgan fingerprint density at radius 2 is 2.30 bits per heavy atom. The van der Waals surface area contributed by atoms with Crippen molar-refractivity contribution < 1.29 is 0 Å². The monoisotopic (exact) mass is 139 g/mol. The molecule has 0 aliphatic heterocycles. The lowest BCUT2D eigenvalue weighted by Crippen LogP contribution is -2.38. The van der Waals surface area contributed by atoms with Crippen LogP contribution in [0.25, 0.3) is 0 Å². The van der Waals surface area contributed by atoms with Gasteiger partial charge in [-0.25, -0.2) is 0 Å². The fourth-order valence-corrected chi connectivity index (χ4v) is 2.05. The summed E-state index contributed by atoms with van der Waals surface area (Å²) in [6.07, 6.45) is 4.36. The molecule has 0 heterocycles. The van der Waals surface area contributed by atoms with Gasteiger partial charge in [0.05, 0.1) is 0 Å². The van der Waals surface area contributed by atoms with Crippen molar-refractivity contribution in [3.63, 3.8) is 0 Å². The summed E-state index contributed by atoms with van der Waals surface area (Å²) in [4.78, 5) is 0. The molecule has 0 amide bonds. The summed E-state index contributed by atoms with van der Waals surface area (Å²) in [5.41, 5.74) is 6.07. The van der Waals surface area contributed by atoms with Gasteiger partial charge in [0.1, 0.15) is 0 Å². The maximum atomic E-state index is 6.05. The number of hydrogen-bond donors (Lipinski definition) is 1. The van der Waals surface area contributed by atoms with Gasteiger partial charge in [-0.05, 0) is 31.6 Å². The molecule has 1 rings (SSSR count). The fraction of sp³-hybridized carbons (Fsp3) is 0.778. The van der Waals surface area contributed by atoms with Crippen molar-refractivity contribution in [1.29, 1.82) is 0 Å². The highest BCUT2D eigenvalue weighted by molar-refractivity contribution is 5.02. The van der Waals surface area contributed by atoms with Crippen LogP contribution in [-0.4, -0.2) is 5.54 Å². The molecule has 0 aromatic heterocycles. The smallest absolute Gasteiger partial charge is 0.0191 e. The molecular weight excluding hydrogens is 122 g/mol. The third-order valence-electron chi connectivity index (χ3n) is 2.58. The van der Waals surface area contributed by atoms with E-state index < -0.39 is 0 Å². The molecule has 3 unspecified atom stereocenters. The average Bonchev–Trinajstić information content (AvgIpc) is 2.04. The molecule has 1 nitrogen and oxygen atoms in total. The number of hydrogen-bond acceptors (Lipinski definition) is 1. The quantitative estimate of drug-likeness (QED) is 0.552. The fourth-order valence-electron chi connectivity index (χ4n) is 2.05. The zero-order valence-electron chi connectivity index (χ0n) is 6.93. The Balaban J connectivity index is 2.67. The maximum absolute atomic E-state index is 6.05. The SMILES string of the molecule is C=CC1CC(C)CC1(C)N. The number of nitrogens with two attached hydrogens (primary N) is 1. The van der Waals surface area contributed by atoms with E-state index in [9.17, 15) is 0 Å². The highest BCUT2D eigenvalue weighted by Crippen LogP contribution is 2.37. The summed E-state index contributed by atoms with van der Waals surface area (Å²) in [6, 6.07) is 0. The van der Waals surface area contributed by atoms with E-state index in [-0.39, 0.29) is 5.54 Å². The Morgan fingerprint density at radius 1 is 1.70 bits per heavy atom. The molecule has 2 N–H and O–H groups in total. The standard InChI is InChI=1S/C9H17N/c1-4-8-5-7(2)6-9(8,3)10/h4,7-8H,1,5-6,10H2,2-3H3. The first-order chi connectivity index (χ1) is 4.56. The first-order valence-corrected chi connectivity index (χ1v) is 3.97. The van der Waals surface area contributed by atoms with Gasteiger partial charge in [0.25, 0.3) is 0 Å². The Hall–Kier alpha value is -0.300. The molecule has 0 aromatic carbocycles. The minimum atomic E-state index is 0.0150. The molecule has 1 heteroatoms. The summed E-state index contributed by atoms with van der Waals surface area (Å²) in [7, 11) is 0. The van der Waals surface area contributed by atoms with Crippen LogP contribution >= 0.6 is 0 Å². The van der Waals surface area contributed by atoms with Gasteiger partial charge < -0.3 is 5.73 Å². The van der Waals surface area contributed by atoms with Gasteiger partial charge in [-0.2, -0.15) is 0 Å². The highest BCUT2D eigenvalue weighted by atomic mass is 14.8. The topological polar surface area (TPSA) is 26.0 Å². The molecule has 0 bridgehead atoms. The summed E-state index contributed by atoms with van der Waals surface area (Å²) in [6.45, 7) is 8.18. The lowest BCUT2D eigenvalue weighted by atomic mass is 9.90. The molecule has 1 aliphatic carbocycles. The van der Waals surface area contributed by atoms with Crippen LogP contribution in [0.2, 0.25) is 0 Å². The van der Waals surface area contributed by atoms with Gasteiger partial charge in [-0.15, -0.1) is 6.58 Å². The maximum Gasteiger partial charge on any atom is 0.0191 e. The lowest BCUT2D eigenvalue weighted by molar-refractivity contribution is 0.403. The van der Waals surface area contributed by atoms with Gasteiger partial charge in [-0.3, -0.25) is 0 Å². The normalized spacial score (nSPS) is 47.5. The predicted molar refractivity (Wildman–Crippen MR) is 44.7 cm³/mol. The second-order valence-electron chi connectivity index (χ2n) is 3.89. The van der Waals surface area contributed by atoms with Crippen LogP contribution in [0.4, 0.5) is 0 Å². The highest BCUT2D eigenvalue weighted by Gasteiger charge is 2.36. The minimum absolute atomic E-state index is 0.0150. The van der Waals surface area contributed by atoms with Gasteiger partial charge in [0.15, 0.2) is 0 Å². The van der Waals surface area contributed by atoms with Crippen molar-refractivity contribution in [1.82, 2.24) is 0 Å². The van der Waals surface area contributed by atoms with Crippen LogP contribution in [0.3, 0.4) is 0 Å². The van der Waals surface area contributed by atoms with Crippen molar-refractivity contribution in [2.75, 3.05) is 0 Å². The molecule has 1 saturated carbocycles. The van der Waals surface area contributed by atoms with E-state index in [1.807, 2.05) is 6.08 Å². The van der Waals surface area contributed by atoms with E-state index in [1.165, 1.54) is 6.42 Å². The zero-order chi connectivity index (χ0) is 7.78. The van der Waals surface area contributed by atoms with Gasteiger partial charge >= 0.3 is 0 Å². The van der Waals surface area contributed by atoms with E-state index >= 15 is 0 Å². The molecular formula is C9H17N. The van der Waals surface area contributed by atoms with E-state index in [1.54, 1.807) is 0 Å². The molecule has 3 atom stereocenters. The van der Waals surface area contributed by atoms with Crippen LogP contribution in [0, 0.1) is 11.8 Å². The Labute approximate surface area is 63.3 Å². The molecule has 1 fully saturated rings. The van der Waals surface area contributed by atoms with E-state index in [0.29, 0.717) is 5.92 Å². The van der Waals surface area contributed by atoms with Crippen molar-refractivity contribution in [3.05, 3.63) is 12.7 Å². The van der Waals surface area contributed by atoms with Crippen molar-refractivity contribution in [3.8, 4) is 0 Å². The Morgan fingerprint density at radius 3 is 2.50 bits per heavy atom. The molecule has 0 saturated heterocycles. The molecule has 1 aliphatic rings. The summed E-state index contributed by atoms with van der Waals surface area (Å²) < 4.78 is 0. The third kappa shape index (κ3) is 1.24. The zero-order valence-corrected chi connectivity index (χ0v) is 6.93. The lowest BCUT2D eigenvalue weighted by Gasteiger charge is -2.23. The van der Waals surface area contributed by atoms with Crippen molar-refractivity contribution >= 4 is 0 Å². The van der Waals surface area contributed by atoms with E-state index in [4.69, 9.17) is 5.73 Å². The van der Waals surface area contributed by atoms with Crippen LogP contribution in [-0.2, 0) is 0 Å². The molecule has 0 spiro atoms. The van der Waals surface area contributed by atoms with Crippen molar-refractivity contribution in [2.24, 2.45) is 17.6 Å². The minimum Gasteiger partial charge on any atom is -0.325 e. The van der Waals surface area contributed by atoms with E-state index in [0.717, 1.165) is 12.3 Å². The van der Waals surface area contributed by atoms with Gasteiger partial charge in [0.2, 0.25) is 0 Å². The summed E-state index contributed by atoms with van der Waals surface area (Å²) in [5.74, 6) is 1.31. The first kappa shape index (κ1) is 7.80. The first-order valence-electron chi connectivity index (χ1n) is 3.97. The van der Waals surface area contributed by atoms with Crippen molar-refractivity contribution in [2.45, 2.75) is 32.2 Å². The van der Waals surface area contributed by atoms with Crippen LogP contribution < -0.4 is 5.73 Å². The van der Waals surface area contributed by atoms with Gasteiger partial charge in [0, 0.05) is 5.54 Å². The second-order valence-corrected chi connectivity index (χ2v) is 3.89. The van der Waals surface area contributed by atoms with Gasteiger partial charge in [-0.1, -0.05) is 13.0 Å². The second kappa shape index (κ2) is 2.39. The largest absolute Gasteiger partial charge is 0.325 e. The Kier molecular flexibility index (Phi) is 1.86.